The molecule has 0 radical (unpaired) electrons. The number of aromatic nitrogens is 2. The Labute approximate surface area is 214 Å². The molecule has 3 aromatic rings. The summed E-state index contributed by atoms with van der Waals surface area (Å²) in [6, 6.07) is 7.45. The molecule has 2 heterocycles. The van der Waals surface area contributed by atoms with Crippen molar-refractivity contribution in [2.24, 2.45) is 0 Å². The van der Waals surface area contributed by atoms with E-state index in [9.17, 15) is 22.2 Å². The van der Waals surface area contributed by atoms with Gasteiger partial charge in [0.2, 0.25) is 5.75 Å². The quantitative estimate of drug-likeness (QED) is 0.510. The maximum absolute atomic E-state index is 13.9. The molecule has 1 aliphatic heterocycles. The Bertz CT molecular complexity index is 1410. The van der Waals surface area contributed by atoms with Crippen molar-refractivity contribution >= 4 is 15.8 Å². The smallest absolute Gasteiger partial charge is 0.316 e. The first kappa shape index (κ1) is 25.5. The maximum Gasteiger partial charge on any atom is 0.316 e. The lowest BCUT2D eigenvalue weighted by Crippen LogP contribution is -2.50. The molecule has 0 bridgehead atoms. The third kappa shape index (κ3) is 5.42. The molecule has 37 heavy (non-hydrogen) atoms. The van der Waals surface area contributed by atoms with Crippen LogP contribution in [-0.2, 0) is 23.0 Å². The number of nitrogens with zero attached hydrogens (tertiary/aromatic N) is 4. The van der Waals surface area contributed by atoms with Gasteiger partial charge in [-0.1, -0.05) is 16.2 Å². The van der Waals surface area contributed by atoms with E-state index in [1.165, 1.54) is 18.3 Å². The van der Waals surface area contributed by atoms with Crippen LogP contribution in [0.1, 0.15) is 17.5 Å². The molecule has 1 aliphatic carbocycles. The summed E-state index contributed by atoms with van der Waals surface area (Å²) in [5.74, 6) is -1.90. The highest BCUT2D eigenvalue weighted by molar-refractivity contribution is 7.99. The highest BCUT2D eigenvalue weighted by Crippen LogP contribution is 2.31. The first-order valence-corrected chi connectivity index (χ1v) is 14.7. The highest BCUT2D eigenvalue weighted by Gasteiger charge is 2.29. The minimum Gasteiger partial charge on any atom is -0.483 e. The van der Waals surface area contributed by atoms with Gasteiger partial charge in [0.1, 0.15) is 29.2 Å². The fourth-order valence-corrected chi connectivity index (χ4v) is 6.13. The van der Waals surface area contributed by atoms with E-state index < -0.39 is 27.3 Å². The topological polar surface area (TPSA) is 67.7 Å². The van der Waals surface area contributed by atoms with Gasteiger partial charge in [-0.3, -0.25) is 9.00 Å². The molecule has 1 saturated heterocycles. The second-order valence-electron chi connectivity index (χ2n) is 9.83. The third-order valence-electron chi connectivity index (χ3n) is 6.92. The van der Waals surface area contributed by atoms with Gasteiger partial charge in [-0.25, -0.2) is 17.5 Å². The van der Waals surface area contributed by atoms with Crippen LogP contribution in [0.25, 0.3) is 5.69 Å². The highest BCUT2D eigenvalue weighted by atomic mass is 32.3. The molecule has 1 atom stereocenters. The van der Waals surface area contributed by atoms with Crippen LogP contribution >= 0.6 is 0 Å². The molecule has 0 N–H and O–H groups in total. The average molecular weight is 535 g/mol. The molecular weight excluding hydrogens is 505 g/mol. The van der Waals surface area contributed by atoms with E-state index in [2.05, 4.69) is 5.10 Å². The summed E-state index contributed by atoms with van der Waals surface area (Å²) in [7, 11) is -2.41. The lowest BCUT2D eigenvalue weighted by molar-refractivity contribution is 0.181. The predicted molar refractivity (Wildman–Crippen MR) is 138 cm³/mol. The molecule has 5 rings (SSSR count). The molecule has 0 saturated carbocycles. The van der Waals surface area contributed by atoms with Crippen molar-refractivity contribution in [3.63, 3.8) is 0 Å². The summed E-state index contributed by atoms with van der Waals surface area (Å²) >= 11 is 0. The van der Waals surface area contributed by atoms with E-state index in [0.29, 0.717) is 51.1 Å². The van der Waals surface area contributed by atoms with Crippen molar-refractivity contribution in [2.45, 2.75) is 25.4 Å². The van der Waals surface area contributed by atoms with Gasteiger partial charge in [0.15, 0.2) is 0 Å². The molecule has 11 heteroatoms. The number of hydrogen-bond acceptors (Lipinski definition) is 5. The summed E-state index contributed by atoms with van der Waals surface area (Å²) in [6.07, 6.45) is 6.25. The molecule has 1 unspecified atom stereocenters. The second kappa shape index (κ2) is 9.94. The van der Waals surface area contributed by atoms with Gasteiger partial charge in [0.05, 0.1) is 11.9 Å². The number of rotatable bonds is 5. The molecule has 7 nitrogen and oxygen atoms in total. The summed E-state index contributed by atoms with van der Waals surface area (Å²) in [6.45, 7) is 2.11. The Morgan fingerprint density at radius 1 is 0.946 bits per heavy atom. The summed E-state index contributed by atoms with van der Waals surface area (Å²) in [5.41, 5.74) is 1.67. The Kier molecular flexibility index (Phi) is 6.84. The number of ether oxygens (including phenoxy) is 1. The van der Waals surface area contributed by atoms with Crippen LogP contribution in [0.3, 0.4) is 0 Å². The summed E-state index contributed by atoms with van der Waals surface area (Å²) < 4.78 is 63.2. The minimum absolute atomic E-state index is 0.0415. The fourth-order valence-electron chi connectivity index (χ4n) is 4.99. The minimum atomic E-state index is -2.41. The van der Waals surface area contributed by atoms with E-state index in [4.69, 9.17) is 4.74 Å². The maximum atomic E-state index is 13.9. The first-order valence-electron chi connectivity index (χ1n) is 12.2. The number of fused-ring (bicyclic) bond motifs is 1. The van der Waals surface area contributed by atoms with Gasteiger partial charge < -0.3 is 9.64 Å². The number of halogens is 3. The number of thiol groups is 1. The van der Waals surface area contributed by atoms with Crippen LogP contribution < -0.4 is 15.2 Å². The number of piperazine rings is 1. The van der Waals surface area contributed by atoms with Gasteiger partial charge in [-0.05, 0) is 48.2 Å². The van der Waals surface area contributed by atoms with Gasteiger partial charge >= 0.3 is 5.56 Å². The lowest BCUT2D eigenvalue weighted by Gasteiger charge is -2.40. The van der Waals surface area contributed by atoms with Crippen LogP contribution in [0.15, 0.2) is 47.4 Å². The van der Waals surface area contributed by atoms with Crippen molar-refractivity contribution in [3.05, 3.63) is 81.5 Å². The monoisotopic (exact) mass is 534 g/mol. The zero-order chi connectivity index (χ0) is 26.3. The average Bonchev–Trinajstić information content (AvgIpc) is 2.84. The zero-order valence-corrected chi connectivity index (χ0v) is 21.6. The van der Waals surface area contributed by atoms with Crippen LogP contribution in [0.5, 0.6) is 5.75 Å². The number of hydrogen-bond donors (Lipinski definition) is 1. The normalized spacial score (nSPS) is 18.9. The summed E-state index contributed by atoms with van der Waals surface area (Å²) in [5, 5.41) is 4.21. The molecule has 0 spiro atoms. The van der Waals surface area contributed by atoms with Crippen LogP contribution in [0.2, 0.25) is 0 Å². The van der Waals surface area contributed by atoms with Crippen molar-refractivity contribution in [1.29, 1.82) is 0 Å². The number of aryl methyl sites for hydroxylation is 1. The summed E-state index contributed by atoms with van der Waals surface area (Å²) in [4.78, 5) is 15.6. The molecule has 2 aliphatic rings. The fraction of sp³-hybridized carbons (Fsp3) is 0.385. The predicted octanol–water partition coefficient (Wildman–Crippen LogP) is 2.90. The van der Waals surface area contributed by atoms with Gasteiger partial charge in [-0.15, -0.1) is 0 Å². The Morgan fingerprint density at radius 3 is 2.32 bits per heavy atom. The Morgan fingerprint density at radius 2 is 1.65 bits per heavy atom. The second-order valence-corrected chi connectivity index (χ2v) is 13.0. The molecule has 1 aromatic heterocycles. The van der Waals surface area contributed by atoms with Crippen LogP contribution in [0.4, 0.5) is 18.9 Å². The standard InChI is InChI=1S/C26H29F3N4O3S/c1-37(2,35)32-9-7-31(8-10-32)24-16-30-33(22-14-20(28)13-21(29)15-22)26(34)25(24)36-23-6-4-17-11-19(27)5-3-18(17)12-23/h3,5,11,13-16,23,37H,4,6-10,12H2,1-2H3. The first-order chi connectivity index (χ1) is 17.6. The molecule has 0 amide bonds. The van der Waals surface area contributed by atoms with E-state index in [0.717, 1.165) is 34.0 Å². The van der Waals surface area contributed by atoms with Crippen molar-refractivity contribution < 1.29 is 22.1 Å². The molecule has 2 aromatic carbocycles. The van der Waals surface area contributed by atoms with E-state index in [1.54, 1.807) is 18.6 Å². The van der Waals surface area contributed by atoms with Gasteiger partial charge in [-0.2, -0.15) is 9.78 Å². The third-order valence-corrected chi connectivity index (χ3v) is 8.68. The largest absolute Gasteiger partial charge is 0.483 e. The van der Waals surface area contributed by atoms with Crippen molar-refractivity contribution in [3.8, 4) is 11.4 Å². The van der Waals surface area contributed by atoms with Gasteiger partial charge in [0.25, 0.3) is 0 Å². The number of benzene rings is 2. The van der Waals surface area contributed by atoms with Crippen LogP contribution in [0, 0.1) is 17.5 Å². The molecule has 198 valence electrons. The van der Waals surface area contributed by atoms with Gasteiger partial charge in [0, 0.05) is 51.2 Å². The van der Waals surface area contributed by atoms with E-state index >= 15 is 0 Å². The molecular formula is C26H29F3N4O3S. The Hall–Kier alpha value is -3.18. The number of anilines is 1. The molecule has 1 fully saturated rings. The van der Waals surface area contributed by atoms with E-state index in [-0.39, 0.29) is 23.4 Å². The Balaban J connectivity index is 1.50. The van der Waals surface area contributed by atoms with Crippen molar-refractivity contribution in [1.82, 2.24) is 14.1 Å². The lowest BCUT2D eigenvalue weighted by atomic mass is 9.89. The SMILES string of the molecule is C[SH](C)(=O)N1CCN(c2cnn(-c3cc(F)cc(F)c3)c(=O)c2OC2CCc3cc(F)ccc3C2)CC1. The van der Waals surface area contributed by atoms with Crippen molar-refractivity contribution in [2.75, 3.05) is 43.6 Å². The van der Waals surface area contributed by atoms with Crippen LogP contribution in [-0.4, -0.2) is 63.1 Å². The van der Waals surface area contributed by atoms with E-state index in [1.807, 2.05) is 9.21 Å². The zero-order valence-electron chi connectivity index (χ0n) is 20.7.